The van der Waals surface area contributed by atoms with Crippen LogP contribution in [0.4, 0.5) is 0 Å². The first kappa shape index (κ1) is 65.3. The van der Waals surface area contributed by atoms with Crippen LogP contribution in [0.3, 0.4) is 0 Å². The van der Waals surface area contributed by atoms with E-state index in [0.29, 0.717) is 12.2 Å². The molecule has 0 spiro atoms. The Hall–Kier alpha value is -7.20. The van der Waals surface area contributed by atoms with Crippen molar-refractivity contribution in [1.29, 1.82) is 0 Å². The number of benzene rings is 4. The molecule has 4 aliphatic heterocycles. The van der Waals surface area contributed by atoms with Crippen molar-refractivity contribution in [3.8, 4) is 28.0 Å². The lowest BCUT2D eigenvalue weighted by atomic mass is 9.97. The zero-order valence-corrected chi connectivity index (χ0v) is 48.0. The highest BCUT2D eigenvalue weighted by Crippen LogP contribution is 2.42. The average molecular weight is 1200 g/mol. The van der Waals surface area contributed by atoms with E-state index in [0.717, 1.165) is 84.7 Å². The van der Waals surface area contributed by atoms with Crippen molar-refractivity contribution in [2.24, 2.45) is 5.92 Å². The molecule has 4 aromatic carbocycles. The lowest BCUT2D eigenvalue weighted by molar-refractivity contribution is -0.147. The largest absolute Gasteiger partial charge is 0.494 e. The molecular formula is C58H74N7O19P. The second-order valence-electron chi connectivity index (χ2n) is 21.7. The van der Waals surface area contributed by atoms with Crippen molar-refractivity contribution in [3.05, 3.63) is 108 Å². The van der Waals surface area contributed by atoms with Gasteiger partial charge >= 0.3 is 13.6 Å². The minimum atomic E-state index is -4.95. The van der Waals surface area contributed by atoms with Crippen LogP contribution in [0.5, 0.6) is 5.75 Å². The third kappa shape index (κ3) is 16.2. The SMILES string of the molecule is CCCCCOc1ccc(-c2ccc(-c3ccc(C(=O)N[C@@H](C[C@@H](O)[C@@H](O)NC(=O)[C@H]4NC[C@H](C)[C@@H]4O)C(=O)N[C@H](C(=O)N4C[C@H](O)C[C@H]4C(=O)N[C@@H]4C(=O)N[C@@H]([C@@H](C)O)C(=O)OP(=O)(O)c5ccc(cc5)[C@H](O)[C@H]4O)[C@@H](C)O)cc3)cc2)cc1. The number of carbonyl (C=O) groups is 7. The quantitative estimate of drug-likeness (QED) is 0.0256. The Morgan fingerprint density at radius 2 is 1.36 bits per heavy atom. The van der Waals surface area contributed by atoms with Crippen LogP contribution in [0.2, 0.25) is 0 Å². The van der Waals surface area contributed by atoms with E-state index in [4.69, 9.17) is 9.26 Å². The second kappa shape index (κ2) is 28.8. The fraction of sp³-hybridized carbons (Fsp3) is 0.466. The molecule has 16 atom stereocenters. The minimum absolute atomic E-state index is 0.00976. The molecule has 4 heterocycles. The third-order valence-corrected chi connectivity index (χ3v) is 16.5. The molecule has 2 fully saturated rings. The summed E-state index contributed by atoms with van der Waals surface area (Å²) in [5, 5.41) is 101. The van der Waals surface area contributed by atoms with E-state index < -0.39 is 159 Å². The number of hydrogen-bond acceptors (Lipinski definition) is 19. The molecule has 460 valence electrons. The molecule has 8 rings (SSSR count). The first-order valence-corrected chi connectivity index (χ1v) is 29.5. The van der Waals surface area contributed by atoms with Gasteiger partial charge in [0.2, 0.25) is 29.5 Å². The summed E-state index contributed by atoms with van der Waals surface area (Å²) < 4.78 is 23.6. The fourth-order valence-corrected chi connectivity index (χ4v) is 11.0. The van der Waals surface area contributed by atoms with Crippen molar-refractivity contribution in [3.63, 3.8) is 0 Å². The highest BCUT2D eigenvalue weighted by atomic mass is 31.2. The Bertz CT molecular complexity index is 3050. The topological polar surface area (TPSA) is 413 Å². The van der Waals surface area contributed by atoms with Crippen LogP contribution in [0, 0.1) is 5.92 Å². The smallest absolute Gasteiger partial charge is 0.410 e. The molecule has 0 radical (unpaired) electrons. The zero-order valence-electron chi connectivity index (χ0n) is 47.1. The normalized spacial score (nSPS) is 26.4. The molecule has 2 bridgehead atoms. The maximum atomic E-state index is 14.5. The van der Waals surface area contributed by atoms with Crippen molar-refractivity contribution in [2.75, 3.05) is 19.7 Å². The van der Waals surface area contributed by atoms with E-state index >= 15 is 0 Å². The average Bonchev–Trinajstić information content (AvgIpc) is 3.62. The Labute approximate surface area is 489 Å². The van der Waals surface area contributed by atoms with E-state index in [1.807, 2.05) is 53.8 Å². The van der Waals surface area contributed by atoms with Crippen molar-refractivity contribution in [2.45, 2.75) is 145 Å². The first-order chi connectivity index (χ1) is 40.3. The number of nitrogens with one attached hydrogen (secondary N) is 6. The number of carbonyl (C=O) groups excluding carboxylic acids is 7. The molecule has 2 saturated heterocycles. The summed E-state index contributed by atoms with van der Waals surface area (Å²) in [6, 6.07) is 14.7. The summed E-state index contributed by atoms with van der Waals surface area (Å²) in [5.41, 5.74) is 3.28. The monoisotopic (exact) mass is 1200 g/mol. The van der Waals surface area contributed by atoms with E-state index in [1.54, 1.807) is 19.1 Å². The second-order valence-corrected chi connectivity index (χ2v) is 23.4. The molecule has 26 nitrogen and oxygen atoms in total. The zero-order chi connectivity index (χ0) is 62.0. The van der Waals surface area contributed by atoms with Gasteiger partial charge in [-0.1, -0.05) is 87.4 Å². The third-order valence-electron chi connectivity index (χ3n) is 15.2. The van der Waals surface area contributed by atoms with Crippen LogP contribution in [0.15, 0.2) is 97.1 Å². The van der Waals surface area contributed by atoms with E-state index in [1.165, 1.54) is 12.1 Å². The first-order valence-electron chi connectivity index (χ1n) is 27.9. The molecule has 0 aliphatic carbocycles. The minimum Gasteiger partial charge on any atom is -0.494 e. The number of unbranched alkanes of at least 4 members (excludes halogenated alkanes) is 2. The Morgan fingerprint density at radius 3 is 1.92 bits per heavy atom. The number of rotatable bonds is 21. The van der Waals surface area contributed by atoms with Gasteiger partial charge in [-0.3, -0.25) is 28.8 Å². The van der Waals surface area contributed by atoms with Gasteiger partial charge in [0, 0.05) is 31.5 Å². The Kier molecular flexibility index (Phi) is 22.1. The van der Waals surface area contributed by atoms with E-state index in [-0.39, 0.29) is 23.6 Å². The number of aliphatic hydroxyl groups is 8. The molecule has 27 heteroatoms. The molecule has 85 heavy (non-hydrogen) atoms. The van der Waals surface area contributed by atoms with Crippen LogP contribution in [-0.2, 0) is 37.9 Å². The van der Waals surface area contributed by atoms with Gasteiger partial charge in [-0.05, 0) is 90.4 Å². The lowest BCUT2D eigenvalue weighted by Crippen LogP contribution is -2.63. The van der Waals surface area contributed by atoms with Crippen LogP contribution in [-0.4, -0.2) is 191 Å². The van der Waals surface area contributed by atoms with E-state index in [9.17, 15) is 83.9 Å². The molecular weight excluding hydrogens is 1130 g/mol. The van der Waals surface area contributed by atoms with Gasteiger partial charge in [-0.2, -0.15) is 0 Å². The highest BCUT2D eigenvalue weighted by Gasteiger charge is 2.47. The standard InChI is InChI=1S/C58H74N7O19P/c1-5-6-7-24-83-39-20-16-35(17-21-39)33-10-8-32(9-11-33)34-12-14-37(15-13-34)51(73)60-41(26-43(69)54(76)64-55(77)46-48(70)29(2)27-59-46)52(74)61-44(30(3)66)57(79)65-28-38(68)25-42(65)53(75)63-47-50(72)49(71)36-18-22-40(23-19-36)85(81,82)84-58(80)45(31(4)67)62-56(47)78/h8-23,29-31,38,41-50,54,59,66-72,76H,5-7,24-28H2,1-4H3,(H,60,73)(H,61,74)(H,62,78)(H,63,75)(H,64,77)(H,81,82)/t29-,30+,31+,38+,41-,42-,43+,44-,45-,46-,47-,48-,49-,50-,54+/m0/s1. The summed E-state index contributed by atoms with van der Waals surface area (Å²) in [6.07, 6.45) is -12.9. The van der Waals surface area contributed by atoms with Crippen LogP contribution in [0.25, 0.3) is 22.3 Å². The number of fused-ring (bicyclic) bond motifs is 10. The van der Waals surface area contributed by atoms with Crippen molar-refractivity contribution < 1.29 is 93.1 Å². The molecule has 4 aliphatic rings. The summed E-state index contributed by atoms with van der Waals surface area (Å²) in [7, 11) is -4.95. The van der Waals surface area contributed by atoms with Crippen LogP contribution < -0.4 is 41.9 Å². The Balaban J connectivity index is 1.08. The predicted octanol–water partition coefficient (Wildman–Crippen LogP) is -1.52. The molecule has 0 aromatic heterocycles. The molecule has 15 N–H and O–H groups in total. The maximum Gasteiger partial charge on any atom is 0.410 e. The van der Waals surface area contributed by atoms with Crippen molar-refractivity contribution >= 4 is 54.3 Å². The van der Waals surface area contributed by atoms with Gasteiger partial charge in [0.15, 0.2) is 12.3 Å². The summed E-state index contributed by atoms with van der Waals surface area (Å²) in [6.45, 7) is 6.17. The number of aliphatic hydroxyl groups excluding tert-OH is 8. The van der Waals surface area contributed by atoms with E-state index in [2.05, 4.69) is 33.5 Å². The summed E-state index contributed by atoms with van der Waals surface area (Å²) in [4.78, 5) is 109. The van der Waals surface area contributed by atoms with Crippen molar-refractivity contribution in [1.82, 2.24) is 36.8 Å². The number of nitrogens with zero attached hydrogens (tertiary/aromatic N) is 1. The molecule has 6 amide bonds. The molecule has 0 saturated carbocycles. The van der Waals surface area contributed by atoms with Crippen LogP contribution >= 0.6 is 7.60 Å². The summed E-state index contributed by atoms with van der Waals surface area (Å²) >= 11 is 0. The number of amides is 6. The van der Waals surface area contributed by atoms with Gasteiger partial charge in [0.1, 0.15) is 54.3 Å². The number of ether oxygens (including phenoxy) is 1. The van der Waals surface area contributed by atoms with Gasteiger partial charge in [0.05, 0.1) is 36.3 Å². The van der Waals surface area contributed by atoms with Gasteiger partial charge in [0.25, 0.3) is 5.91 Å². The number of hydrogen-bond donors (Lipinski definition) is 15. The fourth-order valence-electron chi connectivity index (χ4n) is 10.0. The van der Waals surface area contributed by atoms with Crippen LogP contribution in [0.1, 0.15) is 81.8 Å². The summed E-state index contributed by atoms with van der Waals surface area (Å²) in [5.74, 6) is -8.12. The maximum absolute atomic E-state index is 14.5. The number of likely N-dealkylation sites (tertiary alicyclic amines) is 1. The lowest BCUT2D eigenvalue weighted by Gasteiger charge is -2.33. The molecule has 1 unspecified atom stereocenters. The molecule has 4 aromatic rings. The van der Waals surface area contributed by atoms with Gasteiger partial charge in [-0.25, -0.2) is 9.36 Å². The highest BCUT2D eigenvalue weighted by molar-refractivity contribution is 7.61. The van der Waals surface area contributed by atoms with Gasteiger partial charge in [-0.15, -0.1) is 0 Å². The number of β-amino-alcohol motifs (C(OH)–C–C–N with tert-alkyl or cyclic N) is 1. The predicted molar refractivity (Wildman–Crippen MR) is 304 cm³/mol. The van der Waals surface area contributed by atoms with Gasteiger partial charge < -0.3 is 91.8 Å². The Morgan fingerprint density at radius 1 is 0.776 bits per heavy atom.